The van der Waals surface area contributed by atoms with E-state index in [-0.39, 0.29) is 4.58 Å². The molecule has 88 valence electrons. The van der Waals surface area contributed by atoms with Gasteiger partial charge in [0.2, 0.25) is 0 Å². The number of hydrogen-bond donors (Lipinski definition) is 0. The van der Waals surface area contributed by atoms with E-state index in [1.807, 2.05) is 12.1 Å². The van der Waals surface area contributed by atoms with Gasteiger partial charge in [-0.2, -0.15) is 0 Å². The molecule has 0 saturated heterocycles. The molecule has 0 saturated carbocycles. The molecule has 0 bridgehead atoms. The highest BCUT2D eigenvalue weighted by Gasteiger charge is 2.36. The zero-order valence-corrected chi connectivity index (χ0v) is 10.7. The van der Waals surface area contributed by atoms with Crippen molar-refractivity contribution in [2.45, 2.75) is 15.9 Å². The zero-order chi connectivity index (χ0) is 11.6. The second kappa shape index (κ2) is 4.77. The van der Waals surface area contributed by atoms with Crippen molar-refractivity contribution in [2.24, 2.45) is 0 Å². The van der Waals surface area contributed by atoms with Crippen molar-refractivity contribution in [1.82, 2.24) is 0 Å². The summed E-state index contributed by atoms with van der Waals surface area (Å²) in [4.78, 5) is 0.505. The van der Waals surface area contributed by atoms with Gasteiger partial charge in [0.1, 0.15) is 4.58 Å². The SMILES string of the molecule is COCCSC1Cc2ccccc2S1(=O)=O. The highest BCUT2D eigenvalue weighted by atomic mass is 32.3. The van der Waals surface area contributed by atoms with Gasteiger partial charge in [-0.3, -0.25) is 0 Å². The Bertz CT molecular complexity index is 468. The summed E-state index contributed by atoms with van der Waals surface area (Å²) in [5, 5.41) is 0. The third-order valence-corrected chi connectivity index (χ3v) is 6.58. The van der Waals surface area contributed by atoms with Crippen LogP contribution in [-0.2, 0) is 21.0 Å². The van der Waals surface area contributed by atoms with Crippen molar-refractivity contribution in [2.75, 3.05) is 19.5 Å². The molecule has 0 spiro atoms. The molecule has 0 aromatic heterocycles. The normalized spacial score (nSPS) is 21.9. The Hall–Kier alpha value is -0.520. The van der Waals surface area contributed by atoms with Crippen LogP contribution in [0, 0.1) is 0 Å². The molecular weight excluding hydrogens is 244 g/mol. The summed E-state index contributed by atoms with van der Waals surface area (Å²) in [6, 6.07) is 7.25. The van der Waals surface area contributed by atoms with Crippen molar-refractivity contribution >= 4 is 21.6 Å². The third kappa shape index (κ3) is 2.12. The molecule has 1 unspecified atom stereocenters. The van der Waals surface area contributed by atoms with E-state index in [1.165, 1.54) is 11.8 Å². The van der Waals surface area contributed by atoms with Gasteiger partial charge in [0.05, 0.1) is 11.5 Å². The number of thioether (sulfide) groups is 1. The van der Waals surface area contributed by atoms with Gasteiger partial charge in [-0.25, -0.2) is 8.42 Å². The number of rotatable bonds is 4. The minimum atomic E-state index is -3.12. The maximum Gasteiger partial charge on any atom is 0.191 e. The maximum atomic E-state index is 12.1. The third-order valence-electron chi connectivity index (χ3n) is 2.60. The van der Waals surface area contributed by atoms with Gasteiger partial charge < -0.3 is 4.74 Å². The van der Waals surface area contributed by atoms with Gasteiger partial charge in [-0.05, 0) is 11.6 Å². The summed E-state index contributed by atoms with van der Waals surface area (Å²) in [6.45, 7) is 0.590. The van der Waals surface area contributed by atoms with Gasteiger partial charge >= 0.3 is 0 Å². The molecule has 5 heteroatoms. The van der Waals surface area contributed by atoms with Crippen molar-refractivity contribution in [3.8, 4) is 0 Å². The number of hydrogen-bond acceptors (Lipinski definition) is 4. The van der Waals surface area contributed by atoms with E-state index in [0.29, 0.717) is 23.7 Å². The molecule has 1 aliphatic rings. The first kappa shape index (κ1) is 12.0. The number of ether oxygens (including phenoxy) is 1. The second-order valence-electron chi connectivity index (χ2n) is 3.65. The van der Waals surface area contributed by atoms with Crippen LogP contribution in [0.3, 0.4) is 0 Å². The largest absolute Gasteiger partial charge is 0.384 e. The first-order valence-corrected chi connectivity index (χ1v) is 7.68. The smallest absolute Gasteiger partial charge is 0.191 e. The topological polar surface area (TPSA) is 43.4 Å². The highest BCUT2D eigenvalue weighted by Crippen LogP contribution is 2.36. The molecule has 1 aromatic rings. The molecule has 16 heavy (non-hydrogen) atoms. The van der Waals surface area contributed by atoms with E-state index in [2.05, 4.69) is 0 Å². The lowest BCUT2D eigenvalue weighted by atomic mass is 10.2. The van der Waals surface area contributed by atoms with Crippen LogP contribution in [0.25, 0.3) is 0 Å². The van der Waals surface area contributed by atoms with E-state index in [9.17, 15) is 8.42 Å². The van der Waals surface area contributed by atoms with Crippen LogP contribution >= 0.6 is 11.8 Å². The summed E-state index contributed by atoms with van der Waals surface area (Å²) in [5.41, 5.74) is 0.942. The Morgan fingerprint density at radius 1 is 1.44 bits per heavy atom. The van der Waals surface area contributed by atoms with E-state index in [1.54, 1.807) is 19.2 Å². The predicted molar refractivity (Wildman–Crippen MR) is 65.5 cm³/mol. The van der Waals surface area contributed by atoms with Gasteiger partial charge in [-0.15, -0.1) is 11.8 Å². The maximum absolute atomic E-state index is 12.1. The van der Waals surface area contributed by atoms with Gasteiger partial charge in [0.25, 0.3) is 0 Å². The first-order valence-electron chi connectivity index (χ1n) is 5.08. The first-order chi connectivity index (χ1) is 7.66. The lowest BCUT2D eigenvalue weighted by molar-refractivity contribution is 0.218. The van der Waals surface area contributed by atoms with Gasteiger partial charge in [-0.1, -0.05) is 18.2 Å². The van der Waals surface area contributed by atoms with Gasteiger partial charge in [0, 0.05) is 19.3 Å². The summed E-state index contributed by atoms with van der Waals surface area (Å²) in [6.07, 6.45) is 0.618. The molecule has 1 aromatic carbocycles. The molecule has 2 rings (SSSR count). The quantitative estimate of drug-likeness (QED) is 0.771. The summed E-state index contributed by atoms with van der Waals surface area (Å²) >= 11 is 1.46. The minimum Gasteiger partial charge on any atom is -0.384 e. The molecule has 0 radical (unpaired) electrons. The molecule has 0 fully saturated rings. The molecule has 0 N–H and O–H groups in total. The Morgan fingerprint density at radius 2 is 2.19 bits per heavy atom. The lowest BCUT2D eigenvalue weighted by Crippen LogP contribution is -2.14. The summed E-state index contributed by atoms with van der Waals surface area (Å²) < 4.78 is 28.8. The van der Waals surface area contributed by atoms with Crippen LogP contribution in [0.4, 0.5) is 0 Å². The average Bonchev–Trinajstić information content (AvgIpc) is 2.52. The fourth-order valence-electron chi connectivity index (χ4n) is 1.79. The second-order valence-corrected chi connectivity index (χ2v) is 7.36. The average molecular weight is 258 g/mol. The van der Waals surface area contributed by atoms with Crippen molar-refractivity contribution in [1.29, 1.82) is 0 Å². The van der Waals surface area contributed by atoms with E-state index in [4.69, 9.17) is 4.74 Å². The highest BCUT2D eigenvalue weighted by molar-refractivity contribution is 8.13. The van der Waals surface area contributed by atoms with Crippen LogP contribution in [0.1, 0.15) is 5.56 Å². The zero-order valence-electron chi connectivity index (χ0n) is 9.05. The number of sulfone groups is 1. The lowest BCUT2D eigenvalue weighted by Gasteiger charge is -2.08. The molecule has 3 nitrogen and oxygen atoms in total. The Kier molecular flexibility index (Phi) is 3.56. The van der Waals surface area contributed by atoms with E-state index in [0.717, 1.165) is 5.56 Å². The van der Waals surface area contributed by atoms with Crippen LogP contribution in [0.2, 0.25) is 0 Å². The molecule has 0 aliphatic carbocycles. The monoisotopic (exact) mass is 258 g/mol. The molecular formula is C11H14O3S2. The van der Waals surface area contributed by atoms with Crippen LogP contribution in [-0.4, -0.2) is 32.5 Å². The van der Waals surface area contributed by atoms with Crippen LogP contribution in [0.5, 0.6) is 0 Å². The Labute approximate surface area is 100 Å². The minimum absolute atomic E-state index is 0.333. The standard InChI is InChI=1S/C11H14O3S2/c1-14-6-7-15-11-8-9-4-2-3-5-10(9)16(11,12)13/h2-5,11H,6-8H2,1H3. The number of benzene rings is 1. The summed E-state index contributed by atoms with van der Waals surface area (Å²) in [7, 11) is -1.50. The molecule has 1 atom stereocenters. The van der Waals surface area contributed by atoms with Crippen molar-refractivity contribution in [3.05, 3.63) is 29.8 Å². The Balaban J connectivity index is 2.17. The Morgan fingerprint density at radius 3 is 2.88 bits per heavy atom. The van der Waals surface area contributed by atoms with E-state index < -0.39 is 9.84 Å². The fourth-order valence-corrected chi connectivity index (χ4v) is 5.40. The predicted octanol–water partition coefficient (Wildman–Crippen LogP) is 1.72. The molecule has 1 aliphatic heterocycles. The molecule has 0 amide bonds. The fraction of sp³-hybridized carbons (Fsp3) is 0.455. The summed E-state index contributed by atoms with van der Waals surface area (Å²) in [5.74, 6) is 0.717. The number of methoxy groups -OCH3 is 1. The van der Waals surface area contributed by atoms with E-state index >= 15 is 0 Å². The van der Waals surface area contributed by atoms with Crippen LogP contribution in [0.15, 0.2) is 29.2 Å². The van der Waals surface area contributed by atoms with Crippen molar-refractivity contribution in [3.63, 3.8) is 0 Å². The van der Waals surface area contributed by atoms with Crippen molar-refractivity contribution < 1.29 is 13.2 Å². The van der Waals surface area contributed by atoms with Crippen LogP contribution < -0.4 is 0 Å². The van der Waals surface area contributed by atoms with Gasteiger partial charge in [0.15, 0.2) is 9.84 Å². The molecule has 1 heterocycles. The number of fused-ring (bicyclic) bond motifs is 1.